The number of fused-ring (bicyclic) bond motifs is 2. The molecule has 4 heterocycles. The van der Waals surface area contributed by atoms with Crippen LogP contribution in [0.15, 0.2) is 24.3 Å². The summed E-state index contributed by atoms with van der Waals surface area (Å²) in [5, 5.41) is 1.37. The van der Waals surface area contributed by atoms with Crippen LogP contribution < -0.4 is 40.2 Å². The van der Waals surface area contributed by atoms with E-state index in [1.807, 2.05) is 19.6 Å². The van der Waals surface area contributed by atoms with Crippen LogP contribution in [0.5, 0.6) is 23.0 Å². The topological polar surface area (TPSA) is 188 Å². The first-order valence-corrected chi connectivity index (χ1v) is 16.7. The van der Waals surface area contributed by atoms with Gasteiger partial charge in [0, 0.05) is 88.1 Å². The Balaban J connectivity index is 0.936. The van der Waals surface area contributed by atoms with E-state index in [2.05, 4.69) is 9.97 Å². The second-order valence-corrected chi connectivity index (χ2v) is 12.2. The van der Waals surface area contributed by atoms with E-state index in [9.17, 15) is 9.59 Å². The van der Waals surface area contributed by atoms with Crippen LogP contribution in [-0.2, 0) is 9.59 Å². The minimum Gasteiger partial charge on any atom is -0.493 e. The first kappa shape index (κ1) is 34.3. The molecule has 0 atom stereocenters. The fraction of sp³-hybridized carbons (Fsp3) is 0.471. The average Bonchev–Trinajstić information content (AvgIpc) is 3.15. The number of unbranched alkanes of at least 4 members (excludes halogenated alkanes) is 1. The molecule has 4 aromatic rings. The molecule has 266 valence electrons. The number of rotatable bonds is 11. The minimum absolute atomic E-state index is 0.0900. The van der Waals surface area contributed by atoms with Gasteiger partial charge in [0.15, 0.2) is 23.0 Å². The van der Waals surface area contributed by atoms with Crippen molar-refractivity contribution >= 4 is 57.2 Å². The van der Waals surface area contributed by atoms with Crippen LogP contribution in [0.3, 0.4) is 0 Å². The number of piperazine rings is 2. The van der Waals surface area contributed by atoms with Crippen molar-refractivity contribution in [3.8, 4) is 23.0 Å². The molecule has 16 heteroatoms. The highest BCUT2D eigenvalue weighted by atomic mass is 16.5. The van der Waals surface area contributed by atoms with Crippen LogP contribution in [0, 0.1) is 0 Å². The molecule has 2 fully saturated rings. The molecule has 2 aliphatic heterocycles. The van der Waals surface area contributed by atoms with Crippen molar-refractivity contribution < 1.29 is 28.5 Å². The van der Waals surface area contributed by atoms with Gasteiger partial charge in [0.2, 0.25) is 23.7 Å². The van der Waals surface area contributed by atoms with Gasteiger partial charge in [-0.2, -0.15) is 9.97 Å². The highest BCUT2D eigenvalue weighted by Gasteiger charge is 2.26. The van der Waals surface area contributed by atoms with Crippen molar-refractivity contribution in [2.24, 2.45) is 0 Å². The fourth-order valence-electron chi connectivity index (χ4n) is 6.40. The minimum atomic E-state index is 0.0900. The predicted octanol–water partition coefficient (Wildman–Crippen LogP) is 2.33. The van der Waals surface area contributed by atoms with Crippen molar-refractivity contribution in [2.75, 3.05) is 102 Å². The number of anilines is 4. The third kappa shape index (κ3) is 7.09. The summed E-state index contributed by atoms with van der Waals surface area (Å²) < 4.78 is 21.6. The van der Waals surface area contributed by atoms with Crippen molar-refractivity contribution in [2.45, 2.75) is 25.7 Å². The van der Waals surface area contributed by atoms with Gasteiger partial charge in [0.05, 0.1) is 39.5 Å². The van der Waals surface area contributed by atoms with Crippen LogP contribution >= 0.6 is 0 Å². The number of aromatic nitrogens is 4. The Hall–Kier alpha value is -5.54. The van der Waals surface area contributed by atoms with Crippen LogP contribution in [0.1, 0.15) is 25.7 Å². The quantitative estimate of drug-likeness (QED) is 0.219. The summed E-state index contributed by atoms with van der Waals surface area (Å²) in [4.78, 5) is 52.2. The molecule has 2 aromatic carbocycles. The van der Waals surface area contributed by atoms with Gasteiger partial charge in [-0.15, -0.1) is 0 Å². The van der Waals surface area contributed by atoms with Crippen LogP contribution in [-0.4, -0.2) is 122 Å². The lowest BCUT2D eigenvalue weighted by Crippen LogP contribution is -2.49. The van der Waals surface area contributed by atoms with Crippen LogP contribution in [0.2, 0.25) is 0 Å². The zero-order valence-corrected chi connectivity index (χ0v) is 29.0. The highest BCUT2D eigenvalue weighted by molar-refractivity contribution is 5.92. The number of hydrogen-bond donors (Lipinski definition) is 2. The number of ether oxygens (including phenoxy) is 4. The predicted molar refractivity (Wildman–Crippen MR) is 190 cm³/mol. The van der Waals surface area contributed by atoms with Crippen molar-refractivity contribution in [1.29, 1.82) is 0 Å². The first-order chi connectivity index (χ1) is 24.2. The molecular formula is C34H44N10O6. The van der Waals surface area contributed by atoms with Gasteiger partial charge in [0.25, 0.3) is 0 Å². The Bertz CT molecular complexity index is 1740. The Kier molecular flexibility index (Phi) is 10.2. The smallest absolute Gasteiger partial charge is 0.228 e. The number of nitrogens with two attached hydrogens (primary N) is 2. The molecule has 6 rings (SSSR count). The van der Waals surface area contributed by atoms with E-state index in [0.29, 0.717) is 146 Å². The number of methoxy groups -OCH3 is 4. The standard InChI is InChI=1S/C34H44N10O6/c1-47-25-17-21-23(19-27(25)49-3)37-33(39-31(21)35)43-13-9-41(10-14-43)29(45)7-5-6-8-30(46)42-11-15-44(16-12-42)34-38-24-20-28(50-4)26(48-2)18-22(24)32(36)40-34/h17-20H,5-16H2,1-4H3,(H2,35,37,39)(H2,36,38,40). The third-order valence-corrected chi connectivity index (χ3v) is 9.30. The average molecular weight is 689 g/mol. The Morgan fingerprint density at radius 2 is 0.900 bits per heavy atom. The lowest BCUT2D eigenvalue weighted by atomic mass is 10.1. The molecule has 0 unspecified atom stereocenters. The Morgan fingerprint density at radius 1 is 0.560 bits per heavy atom. The normalized spacial score (nSPS) is 15.0. The van der Waals surface area contributed by atoms with Gasteiger partial charge in [-0.25, -0.2) is 9.97 Å². The summed E-state index contributed by atoms with van der Waals surface area (Å²) in [6, 6.07) is 7.11. The molecule has 0 spiro atoms. The number of nitrogen functional groups attached to an aromatic ring is 2. The van der Waals surface area contributed by atoms with E-state index in [-0.39, 0.29) is 11.8 Å². The molecule has 2 aromatic heterocycles. The van der Waals surface area contributed by atoms with Gasteiger partial charge < -0.3 is 50.0 Å². The van der Waals surface area contributed by atoms with Gasteiger partial charge in [-0.3, -0.25) is 9.59 Å². The maximum absolute atomic E-state index is 13.0. The summed E-state index contributed by atoms with van der Waals surface area (Å²) in [7, 11) is 6.28. The largest absolute Gasteiger partial charge is 0.493 e. The Morgan fingerprint density at radius 3 is 1.24 bits per heavy atom. The zero-order valence-electron chi connectivity index (χ0n) is 29.0. The molecule has 0 bridgehead atoms. The maximum atomic E-state index is 13.0. The monoisotopic (exact) mass is 688 g/mol. The van der Waals surface area contributed by atoms with E-state index in [0.717, 1.165) is 0 Å². The van der Waals surface area contributed by atoms with Gasteiger partial charge in [0.1, 0.15) is 11.6 Å². The van der Waals surface area contributed by atoms with E-state index < -0.39 is 0 Å². The van der Waals surface area contributed by atoms with E-state index in [1.54, 1.807) is 52.7 Å². The number of hydrogen-bond acceptors (Lipinski definition) is 14. The van der Waals surface area contributed by atoms with E-state index in [1.165, 1.54) is 0 Å². The summed E-state index contributed by atoms with van der Waals surface area (Å²) >= 11 is 0. The lowest BCUT2D eigenvalue weighted by Gasteiger charge is -2.35. The molecule has 0 radical (unpaired) electrons. The van der Waals surface area contributed by atoms with Crippen molar-refractivity contribution in [3.05, 3.63) is 24.3 Å². The van der Waals surface area contributed by atoms with Crippen molar-refractivity contribution in [1.82, 2.24) is 29.7 Å². The first-order valence-electron chi connectivity index (χ1n) is 16.7. The van der Waals surface area contributed by atoms with Crippen LogP contribution in [0.25, 0.3) is 21.8 Å². The molecule has 2 saturated heterocycles. The highest BCUT2D eigenvalue weighted by Crippen LogP contribution is 2.35. The molecule has 16 nitrogen and oxygen atoms in total. The summed E-state index contributed by atoms with van der Waals surface area (Å²) in [6.45, 7) is 4.60. The summed E-state index contributed by atoms with van der Waals surface area (Å²) in [5.41, 5.74) is 13.9. The molecule has 0 saturated carbocycles. The number of carbonyl (C=O) groups is 2. The summed E-state index contributed by atoms with van der Waals surface area (Å²) in [6.07, 6.45) is 2.11. The lowest BCUT2D eigenvalue weighted by molar-refractivity contribution is -0.133. The van der Waals surface area contributed by atoms with Gasteiger partial charge in [-0.1, -0.05) is 0 Å². The molecular weight excluding hydrogens is 644 g/mol. The molecule has 4 N–H and O–H groups in total. The zero-order chi connectivity index (χ0) is 35.4. The van der Waals surface area contributed by atoms with E-state index >= 15 is 0 Å². The maximum Gasteiger partial charge on any atom is 0.228 e. The molecule has 50 heavy (non-hydrogen) atoms. The number of amides is 2. The summed E-state index contributed by atoms with van der Waals surface area (Å²) in [5.74, 6) is 4.16. The van der Waals surface area contributed by atoms with E-state index in [4.69, 9.17) is 40.4 Å². The number of nitrogens with zero attached hydrogens (tertiary/aromatic N) is 8. The third-order valence-electron chi connectivity index (χ3n) is 9.30. The van der Waals surface area contributed by atoms with Crippen LogP contribution in [0.4, 0.5) is 23.5 Å². The SMILES string of the molecule is COc1cc2nc(N3CCN(C(=O)CCCCC(=O)N4CCN(c5nc(N)c6cc(OC)c(OC)cc6n5)CC4)CC3)nc(N)c2cc1OC. The fourth-order valence-corrected chi connectivity index (χ4v) is 6.40. The van der Waals surface area contributed by atoms with Gasteiger partial charge >= 0.3 is 0 Å². The Labute approximate surface area is 290 Å². The molecule has 0 aliphatic carbocycles. The van der Waals surface area contributed by atoms with Gasteiger partial charge in [-0.05, 0) is 25.0 Å². The second-order valence-electron chi connectivity index (χ2n) is 12.2. The number of benzene rings is 2. The number of carbonyl (C=O) groups excluding carboxylic acids is 2. The second kappa shape index (κ2) is 14.9. The molecule has 2 amide bonds. The molecule has 2 aliphatic rings. The van der Waals surface area contributed by atoms with Crippen molar-refractivity contribution in [3.63, 3.8) is 0 Å².